The number of aliphatic hydroxyl groups excluding tert-OH is 1. The molecule has 12 heteroatoms. The number of benzene rings is 2. The second-order valence-electron chi connectivity index (χ2n) is 16.9. The Morgan fingerprint density at radius 1 is 0.964 bits per heavy atom. The molecule has 3 aliphatic rings. The van der Waals surface area contributed by atoms with Crippen LogP contribution in [0.25, 0.3) is 5.76 Å². The number of Topliss-reactive ketones (excluding diaryl/α,β-unsaturated/α-hetero) is 2. The van der Waals surface area contributed by atoms with Gasteiger partial charge in [-0.15, -0.1) is 6.58 Å². The lowest BCUT2D eigenvalue weighted by molar-refractivity contribution is -0.140. The van der Waals surface area contributed by atoms with Crippen molar-refractivity contribution in [3.8, 4) is 11.6 Å². The molecule has 1 N–H and O–H groups in total. The van der Waals surface area contributed by atoms with Gasteiger partial charge in [0.25, 0.3) is 5.88 Å². The summed E-state index contributed by atoms with van der Waals surface area (Å²) in [6.45, 7) is 15.1. The lowest BCUT2D eigenvalue weighted by atomic mass is 9.57. The third kappa shape index (κ3) is 6.57. The standard InChI is InChI=1S/C44H52N4O7Si/c1-10-21-48(7)36-31-23-29-22-30-34(32(24-45-41(30)47(5)6)52-25-27-17-13-11-14-18-27)37(49)33(29)39(50)44(31,55-56(8,9)43(2,3)4)40(51)35-38(36)54-46-42(35)53-26-28-19-15-12-16-20-28/h10-20,24,29,31,36,49H,1,21-23,25-26H2,2-9H3/t29-,31-,36-,44?/m0/s1. The van der Waals surface area contributed by atoms with Crippen LogP contribution in [-0.2, 0) is 28.9 Å². The number of pyridine rings is 1. The van der Waals surface area contributed by atoms with Gasteiger partial charge in [0.2, 0.25) is 11.6 Å². The number of hydrogen-bond donors (Lipinski definition) is 1. The van der Waals surface area contributed by atoms with Crippen molar-refractivity contribution >= 4 is 31.5 Å². The van der Waals surface area contributed by atoms with Crippen LogP contribution in [0.4, 0.5) is 5.82 Å². The van der Waals surface area contributed by atoms with Crippen LogP contribution in [-0.4, -0.2) is 73.3 Å². The van der Waals surface area contributed by atoms with E-state index in [0.717, 1.165) is 16.7 Å². The molecule has 7 rings (SSSR count). The first kappa shape index (κ1) is 39.2. The predicted octanol–water partition coefficient (Wildman–Crippen LogP) is 8.14. The van der Waals surface area contributed by atoms with E-state index in [0.29, 0.717) is 42.3 Å². The molecule has 1 unspecified atom stereocenters. The molecule has 0 saturated heterocycles. The lowest BCUT2D eigenvalue weighted by Crippen LogP contribution is -2.68. The first-order chi connectivity index (χ1) is 26.6. The van der Waals surface area contributed by atoms with Crippen LogP contribution in [0, 0.1) is 11.8 Å². The molecule has 2 heterocycles. The predicted molar refractivity (Wildman–Crippen MR) is 217 cm³/mol. The van der Waals surface area contributed by atoms with Crippen LogP contribution < -0.4 is 14.4 Å². The largest absolute Gasteiger partial charge is 0.507 e. The van der Waals surface area contributed by atoms with Gasteiger partial charge in [-0.3, -0.25) is 14.5 Å². The van der Waals surface area contributed by atoms with E-state index in [9.17, 15) is 5.11 Å². The maximum absolute atomic E-state index is 15.9. The fourth-order valence-corrected chi connectivity index (χ4v) is 9.73. The monoisotopic (exact) mass is 776 g/mol. The quantitative estimate of drug-likeness (QED) is 0.0851. The van der Waals surface area contributed by atoms with Crippen LogP contribution in [0.1, 0.15) is 71.6 Å². The molecular formula is C44H52N4O7Si. The number of aromatic nitrogens is 2. The van der Waals surface area contributed by atoms with Gasteiger partial charge in [0.05, 0.1) is 17.8 Å². The van der Waals surface area contributed by atoms with Gasteiger partial charge >= 0.3 is 0 Å². The molecule has 0 aliphatic heterocycles. The summed E-state index contributed by atoms with van der Waals surface area (Å²) in [7, 11) is 2.80. The first-order valence-electron chi connectivity index (χ1n) is 19.2. The topological polar surface area (TPSA) is 127 Å². The van der Waals surface area contributed by atoms with Crippen molar-refractivity contribution in [1.82, 2.24) is 15.0 Å². The zero-order valence-corrected chi connectivity index (χ0v) is 34.6. The van der Waals surface area contributed by atoms with Crippen molar-refractivity contribution < 1.29 is 33.1 Å². The second kappa shape index (κ2) is 14.8. The lowest BCUT2D eigenvalue weighted by Gasteiger charge is -2.55. The van der Waals surface area contributed by atoms with Crippen LogP contribution in [0.2, 0.25) is 18.1 Å². The minimum Gasteiger partial charge on any atom is -0.507 e. The fraction of sp³-hybridized carbons (Fsp3) is 0.409. The number of aliphatic hydroxyl groups is 1. The van der Waals surface area contributed by atoms with E-state index in [1.165, 1.54) is 0 Å². The Morgan fingerprint density at radius 3 is 2.18 bits per heavy atom. The average molecular weight is 777 g/mol. The second-order valence-corrected chi connectivity index (χ2v) is 21.6. The molecule has 294 valence electrons. The van der Waals surface area contributed by atoms with E-state index in [4.69, 9.17) is 23.4 Å². The van der Waals surface area contributed by atoms with E-state index in [-0.39, 0.29) is 41.0 Å². The molecule has 3 aliphatic carbocycles. The molecule has 11 nitrogen and oxygen atoms in total. The van der Waals surface area contributed by atoms with Crippen molar-refractivity contribution in [2.24, 2.45) is 11.8 Å². The number of ether oxygens (including phenoxy) is 2. The fourth-order valence-electron chi connectivity index (χ4n) is 8.28. The van der Waals surface area contributed by atoms with E-state index < -0.39 is 43.4 Å². The SMILES string of the molecule is C=CCN(C)[C@@H]1c2onc(OCc3ccccc3)c2C(=O)C2(O[Si](C)(C)C(C)(C)C)C(=O)C3=C(O)c4c(OCc5ccccc5)cnc(N(C)C)c4C[C@H]3C[C@@H]12. The normalized spacial score (nSPS) is 21.9. The van der Waals surface area contributed by atoms with E-state index >= 15 is 9.59 Å². The summed E-state index contributed by atoms with van der Waals surface area (Å²) in [6, 6.07) is 18.7. The number of hydrogen-bond acceptors (Lipinski definition) is 11. The Bertz CT molecular complexity index is 2180. The van der Waals surface area contributed by atoms with Crippen LogP contribution >= 0.6 is 0 Å². The first-order valence-corrected chi connectivity index (χ1v) is 22.1. The minimum atomic E-state index is -2.92. The summed E-state index contributed by atoms with van der Waals surface area (Å²) in [6.07, 6.45) is 4.09. The van der Waals surface area contributed by atoms with Gasteiger partial charge in [0.1, 0.15) is 36.1 Å². The van der Waals surface area contributed by atoms with Crippen LogP contribution in [0.3, 0.4) is 0 Å². The van der Waals surface area contributed by atoms with Gasteiger partial charge in [-0.2, -0.15) is 0 Å². The number of nitrogens with zero attached hydrogens (tertiary/aromatic N) is 4. The van der Waals surface area contributed by atoms with E-state index in [1.54, 1.807) is 12.3 Å². The van der Waals surface area contributed by atoms with Crippen molar-refractivity contribution in [3.05, 3.63) is 119 Å². The maximum Gasteiger partial charge on any atom is 0.265 e. The Hall–Kier alpha value is -5.04. The number of rotatable bonds is 12. The molecular weight excluding hydrogens is 725 g/mol. The zero-order chi connectivity index (χ0) is 40.2. The smallest absolute Gasteiger partial charge is 0.265 e. The third-order valence-corrected chi connectivity index (χ3v) is 16.5. The van der Waals surface area contributed by atoms with Crippen molar-refractivity contribution in [2.45, 2.75) is 76.6 Å². The third-order valence-electron chi connectivity index (χ3n) is 12.0. The van der Waals surface area contributed by atoms with Gasteiger partial charge in [-0.05, 0) is 60.2 Å². The van der Waals surface area contributed by atoms with Gasteiger partial charge in [-0.1, -0.05) is 87.5 Å². The molecule has 0 radical (unpaired) electrons. The average Bonchev–Trinajstić information content (AvgIpc) is 3.58. The number of carbonyl (C=O) groups is 2. The minimum absolute atomic E-state index is 0.00271. The molecule has 2 aromatic heterocycles. The highest BCUT2D eigenvalue weighted by molar-refractivity contribution is 6.74. The summed E-state index contributed by atoms with van der Waals surface area (Å²) in [5, 5.41) is 16.5. The number of fused-ring (bicyclic) bond motifs is 4. The van der Waals surface area contributed by atoms with Gasteiger partial charge < -0.3 is 28.4 Å². The highest BCUT2D eigenvalue weighted by atomic mass is 28.4. The van der Waals surface area contributed by atoms with Crippen LogP contribution in [0.5, 0.6) is 11.6 Å². The molecule has 4 aromatic rings. The Labute approximate surface area is 330 Å². The molecule has 1 saturated carbocycles. The summed E-state index contributed by atoms with van der Waals surface area (Å²) >= 11 is 0. The highest BCUT2D eigenvalue weighted by Gasteiger charge is 2.69. The highest BCUT2D eigenvalue weighted by Crippen LogP contribution is 2.59. The van der Waals surface area contributed by atoms with E-state index in [2.05, 4.69) is 32.5 Å². The number of ketones is 2. The molecule has 0 spiro atoms. The molecule has 0 amide bonds. The van der Waals surface area contributed by atoms with Crippen molar-refractivity contribution in [1.29, 1.82) is 0 Å². The van der Waals surface area contributed by atoms with Crippen LogP contribution in [0.15, 0.2) is 89.6 Å². The van der Waals surface area contributed by atoms with Crippen molar-refractivity contribution in [2.75, 3.05) is 32.6 Å². The summed E-state index contributed by atoms with van der Waals surface area (Å²) in [5.41, 5.74) is 1.22. The summed E-state index contributed by atoms with van der Waals surface area (Å²) in [4.78, 5) is 40.2. The molecule has 2 aromatic carbocycles. The Morgan fingerprint density at radius 2 is 1.59 bits per heavy atom. The number of likely N-dealkylation sites (N-methyl/N-ethyl adjacent to an activating group) is 1. The Kier molecular flexibility index (Phi) is 10.4. The molecule has 0 bridgehead atoms. The summed E-state index contributed by atoms with van der Waals surface area (Å²) in [5.74, 6) is -1.15. The number of anilines is 1. The molecule has 56 heavy (non-hydrogen) atoms. The van der Waals surface area contributed by atoms with Gasteiger partial charge in [-0.25, -0.2) is 4.98 Å². The zero-order valence-electron chi connectivity index (χ0n) is 33.6. The molecule has 1 fully saturated rings. The number of carbonyl (C=O) groups excluding carboxylic acids is 2. The van der Waals surface area contributed by atoms with Crippen molar-refractivity contribution in [3.63, 3.8) is 0 Å². The maximum atomic E-state index is 15.9. The summed E-state index contributed by atoms with van der Waals surface area (Å²) < 4.78 is 26.0. The van der Waals surface area contributed by atoms with Gasteiger partial charge in [0.15, 0.2) is 19.7 Å². The molecule has 4 atom stereocenters. The Balaban J connectivity index is 1.43. The van der Waals surface area contributed by atoms with Gasteiger partial charge in [0, 0.05) is 37.7 Å². The van der Waals surface area contributed by atoms with E-state index in [1.807, 2.05) is 105 Å².